The molecule has 1 aliphatic carbocycles. The van der Waals surface area contributed by atoms with Crippen molar-refractivity contribution < 1.29 is 19.4 Å². The Balaban J connectivity index is 1.83. The summed E-state index contributed by atoms with van der Waals surface area (Å²) in [7, 11) is 0. The van der Waals surface area contributed by atoms with Gasteiger partial charge in [0, 0.05) is 5.39 Å². The summed E-state index contributed by atoms with van der Waals surface area (Å²) >= 11 is 3.78. The van der Waals surface area contributed by atoms with Gasteiger partial charge in [-0.3, -0.25) is 0 Å². The Hall–Kier alpha value is -1.95. The first-order chi connectivity index (χ1) is 12.1. The van der Waals surface area contributed by atoms with Gasteiger partial charge in [-0.1, -0.05) is 25.3 Å². The Morgan fingerprint density at radius 1 is 1.20 bits per heavy atom. The molecule has 132 valence electrons. The summed E-state index contributed by atoms with van der Waals surface area (Å²) in [5.74, 6) is -0.411. The molecule has 1 saturated carbocycles. The average molecular weight is 406 g/mol. The molecule has 1 aliphatic heterocycles. The van der Waals surface area contributed by atoms with Crippen LogP contribution in [-0.2, 0) is 16.0 Å². The molecular formula is C19H20BrNO4. The Labute approximate surface area is 154 Å². The van der Waals surface area contributed by atoms with Crippen molar-refractivity contribution in [3.8, 4) is 0 Å². The molecule has 2 aromatic rings. The van der Waals surface area contributed by atoms with Crippen LogP contribution in [0.1, 0.15) is 53.9 Å². The fourth-order valence-corrected chi connectivity index (χ4v) is 4.82. The number of aromatic carboxylic acids is 1. The van der Waals surface area contributed by atoms with Crippen LogP contribution >= 0.6 is 15.9 Å². The zero-order chi connectivity index (χ0) is 17.4. The van der Waals surface area contributed by atoms with E-state index >= 15 is 0 Å². The van der Waals surface area contributed by atoms with Gasteiger partial charge in [0.2, 0.25) is 0 Å². The van der Waals surface area contributed by atoms with E-state index < -0.39 is 5.97 Å². The quantitative estimate of drug-likeness (QED) is 0.777. The van der Waals surface area contributed by atoms with E-state index in [0.717, 1.165) is 15.5 Å². The van der Waals surface area contributed by atoms with Crippen molar-refractivity contribution in [2.75, 3.05) is 0 Å². The van der Waals surface area contributed by atoms with Crippen LogP contribution in [0.3, 0.4) is 0 Å². The topological polar surface area (TPSA) is 60.7 Å². The number of nitrogens with zero attached hydrogens (tertiary/aromatic N) is 1. The maximum Gasteiger partial charge on any atom is 0.335 e. The van der Waals surface area contributed by atoms with Crippen molar-refractivity contribution in [3.63, 3.8) is 0 Å². The second-order valence-corrected chi connectivity index (χ2v) is 7.41. The van der Waals surface area contributed by atoms with Crippen molar-refractivity contribution in [2.24, 2.45) is 0 Å². The fraction of sp³-hybridized carbons (Fsp3) is 0.421. The number of carboxylic acids is 1. The number of carbonyl (C=O) groups is 1. The van der Waals surface area contributed by atoms with Crippen LogP contribution in [-0.4, -0.2) is 21.9 Å². The third-order valence-corrected chi connectivity index (χ3v) is 6.00. The van der Waals surface area contributed by atoms with Crippen LogP contribution in [0.5, 0.6) is 0 Å². The second kappa shape index (κ2) is 6.75. The first kappa shape index (κ1) is 16.5. The lowest BCUT2D eigenvalue weighted by atomic mass is 9.84. The molecule has 25 heavy (non-hydrogen) atoms. The lowest BCUT2D eigenvalue weighted by molar-refractivity contribution is -0.0337. The first-order valence-electron chi connectivity index (χ1n) is 8.66. The van der Waals surface area contributed by atoms with E-state index in [9.17, 15) is 9.90 Å². The molecule has 5 nitrogen and oxygen atoms in total. The summed E-state index contributed by atoms with van der Waals surface area (Å²) in [6.45, 7) is 0.500. The third kappa shape index (κ3) is 3.03. The van der Waals surface area contributed by atoms with Crippen molar-refractivity contribution in [1.29, 1.82) is 0 Å². The van der Waals surface area contributed by atoms with Crippen molar-refractivity contribution in [3.05, 3.63) is 46.5 Å². The number of hydrogen-bond acceptors (Lipinski definition) is 3. The van der Waals surface area contributed by atoms with Crippen LogP contribution in [0.2, 0.25) is 0 Å². The summed E-state index contributed by atoms with van der Waals surface area (Å²) in [6, 6.07) is 5.38. The molecule has 1 aromatic heterocycles. The number of rotatable bonds is 4. The lowest BCUT2D eigenvalue weighted by Gasteiger charge is -2.22. The molecule has 0 saturated heterocycles. The number of hydrogen-bond donors (Lipinski definition) is 1. The fourth-order valence-electron chi connectivity index (χ4n) is 3.94. The standard InChI is InChI=1S/C19H20BrNO4/c20-18-17(12-4-2-1-3-5-12)14-7-6-13(19(22)23)10-15(14)21(18)11-16-24-8-9-25-16/h6-10,12,16H,1-5,11H2,(H,22,23). The molecule has 1 fully saturated rings. The number of halogens is 1. The molecule has 4 rings (SSSR count). The summed E-state index contributed by atoms with van der Waals surface area (Å²) in [5.41, 5.74) is 2.49. The number of fused-ring (bicyclic) bond motifs is 1. The maximum absolute atomic E-state index is 11.4. The highest BCUT2D eigenvalue weighted by Crippen LogP contribution is 2.42. The van der Waals surface area contributed by atoms with Crippen LogP contribution < -0.4 is 0 Å². The Kier molecular flexibility index (Phi) is 4.46. The van der Waals surface area contributed by atoms with Gasteiger partial charge in [-0.2, -0.15) is 0 Å². The van der Waals surface area contributed by atoms with Gasteiger partial charge in [0.05, 0.1) is 22.2 Å². The minimum Gasteiger partial charge on any atom is -0.478 e. The maximum atomic E-state index is 11.4. The summed E-state index contributed by atoms with van der Waals surface area (Å²) < 4.78 is 13.9. The first-order valence-corrected chi connectivity index (χ1v) is 9.45. The van der Waals surface area contributed by atoms with Gasteiger partial charge < -0.3 is 19.1 Å². The van der Waals surface area contributed by atoms with E-state index in [1.54, 1.807) is 12.1 Å². The average Bonchev–Trinajstić information content (AvgIpc) is 3.22. The molecule has 0 amide bonds. The molecule has 0 radical (unpaired) electrons. The number of benzene rings is 1. The molecule has 0 spiro atoms. The Morgan fingerprint density at radius 2 is 1.92 bits per heavy atom. The molecule has 6 heteroatoms. The molecule has 0 atom stereocenters. The van der Waals surface area contributed by atoms with Crippen LogP contribution in [0, 0.1) is 0 Å². The predicted octanol–water partition coefficient (Wildman–Crippen LogP) is 4.99. The minimum absolute atomic E-state index is 0.292. The van der Waals surface area contributed by atoms with Crippen LogP contribution in [0.25, 0.3) is 10.9 Å². The van der Waals surface area contributed by atoms with Gasteiger partial charge in [0.25, 0.3) is 6.29 Å². The van der Waals surface area contributed by atoms with Gasteiger partial charge in [-0.05, 0) is 52.4 Å². The summed E-state index contributed by atoms with van der Waals surface area (Å²) in [4.78, 5) is 11.4. The highest BCUT2D eigenvalue weighted by atomic mass is 79.9. The monoisotopic (exact) mass is 405 g/mol. The second-order valence-electron chi connectivity index (χ2n) is 6.66. The molecular weight excluding hydrogens is 386 g/mol. The molecule has 1 N–H and O–H groups in total. The number of ether oxygens (including phenoxy) is 2. The van der Waals surface area contributed by atoms with E-state index in [0.29, 0.717) is 18.0 Å². The normalized spacial score (nSPS) is 18.4. The van der Waals surface area contributed by atoms with E-state index in [-0.39, 0.29) is 6.29 Å². The SMILES string of the molecule is O=C(O)c1ccc2c(C3CCCCC3)c(Br)n(CC3OC=CO3)c2c1. The van der Waals surface area contributed by atoms with E-state index in [2.05, 4.69) is 20.5 Å². The van der Waals surface area contributed by atoms with Crippen LogP contribution in [0.15, 0.2) is 35.3 Å². The zero-order valence-corrected chi connectivity index (χ0v) is 15.4. The predicted molar refractivity (Wildman–Crippen MR) is 97.5 cm³/mol. The van der Waals surface area contributed by atoms with Crippen molar-refractivity contribution in [2.45, 2.75) is 50.9 Å². The Morgan fingerprint density at radius 3 is 2.60 bits per heavy atom. The lowest BCUT2D eigenvalue weighted by Crippen LogP contribution is -2.17. The third-order valence-electron chi connectivity index (χ3n) is 5.15. The van der Waals surface area contributed by atoms with Gasteiger partial charge in [0.1, 0.15) is 12.5 Å². The highest BCUT2D eigenvalue weighted by molar-refractivity contribution is 9.10. The number of aromatic nitrogens is 1. The largest absolute Gasteiger partial charge is 0.478 e. The molecule has 0 unspecified atom stereocenters. The Bertz CT molecular complexity index is 828. The molecule has 2 heterocycles. The van der Waals surface area contributed by atoms with E-state index in [1.807, 2.05) is 6.07 Å². The highest BCUT2D eigenvalue weighted by Gasteiger charge is 2.27. The summed E-state index contributed by atoms with van der Waals surface area (Å²) in [5, 5.41) is 10.5. The summed E-state index contributed by atoms with van der Waals surface area (Å²) in [6.07, 6.45) is 8.83. The molecule has 0 bridgehead atoms. The minimum atomic E-state index is -0.917. The smallest absolute Gasteiger partial charge is 0.335 e. The van der Waals surface area contributed by atoms with E-state index in [4.69, 9.17) is 9.47 Å². The van der Waals surface area contributed by atoms with Crippen molar-refractivity contribution in [1.82, 2.24) is 4.57 Å². The van der Waals surface area contributed by atoms with E-state index in [1.165, 1.54) is 50.2 Å². The molecule has 2 aliphatic rings. The van der Waals surface area contributed by atoms with Gasteiger partial charge in [-0.25, -0.2) is 4.79 Å². The van der Waals surface area contributed by atoms with Gasteiger partial charge in [-0.15, -0.1) is 0 Å². The van der Waals surface area contributed by atoms with Crippen molar-refractivity contribution >= 4 is 32.8 Å². The molecule has 1 aromatic carbocycles. The van der Waals surface area contributed by atoms with Gasteiger partial charge >= 0.3 is 5.97 Å². The van der Waals surface area contributed by atoms with Crippen LogP contribution in [0.4, 0.5) is 0 Å². The zero-order valence-electron chi connectivity index (χ0n) is 13.8. The number of carboxylic acid groups (broad SMARTS) is 1. The van der Waals surface area contributed by atoms with Gasteiger partial charge in [0.15, 0.2) is 0 Å².